The summed E-state index contributed by atoms with van der Waals surface area (Å²) in [6.07, 6.45) is -0.834. The Bertz CT molecular complexity index is 480. The van der Waals surface area contributed by atoms with Crippen LogP contribution in [-0.4, -0.2) is 21.4 Å². The predicted molar refractivity (Wildman–Crippen MR) is 85.9 cm³/mol. The molecular weight excluding hydrogens is 342 g/mol. The molecule has 0 bridgehead atoms. The lowest BCUT2D eigenvalue weighted by molar-refractivity contribution is 0.0922. The number of nitrogens with one attached hydrogen (secondary N) is 2. The Labute approximate surface area is 138 Å². The van der Waals surface area contributed by atoms with Crippen LogP contribution in [0.15, 0.2) is 24.3 Å². The van der Waals surface area contributed by atoms with Gasteiger partial charge in [-0.1, -0.05) is 52.5 Å². The quantitative estimate of drug-likeness (QED) is 0.630. The van der Waals surface area contributed by atoms with Gasteiger partial charge in [0.1, 0.15) is 6.17 Å². The summed E-state index contributed by atoms with van der Waals surface area (Å²) in [5.41, 5.74) is 0.0587. The van der Waals surface area contributed by atoms with Crippen LogP contribution in [-0.2, 0) is 0 Å². The summed E-state index contributed by atoms with van der Waals surface area (Å²) in [4.78, 5) is 12.2. The van der Waals surface area contributed by atoms with E-state index in [1.54, 1.807) is 24.3 Å². The number of hydrogen-bond donors (Lipinski definition) is 2. The van der Waals surface area contributed by atoms with Crippen LogP contribution in [0, 0.1) is 0 Å². The molecule has 3 nitrogen and oxygen atoms in total. The van der Waals surface area contributed by atoms with Crippen LogP contribution in [0.25, 0.3) is 0 Å². The van der Waals surface area contributed by atoms with Gasteiger partial charge < -0.3 is 5.32 Å². The van der Waals surface area contributed by atoms with E-state index in [2.05, 4.69) is 10.6 Å². The second-order valence-electron chi connectivity index (χ2n) is 5.35. The number of alkyl halides is 3. The minimum absolute atomic E-state index is 0.337. The zero-order valence-electron chi connectivity index (χ0n) is 11.3. The summed E-state index contributed by atoms with van der Waals surface area (Å²) in [5.74, 6) is -0.374. The van der Waals surface area contributed by atoms with Crippen molar-refractivity contribution in [1.29, 1.82) is 0 Å². The maximum atomic E-state index is 12.2. The summed E-state index contributed by atoms with van der Waals surface area (Å²) in [6, 6.07) is 6.54. The van der Waals surface area contributed by atoms with E-state index in [0.29, 0.717) is 10.6 Å². The molecule has 0 aliphatic rings. The highest BCUT2D eigenvalue weighted by molar-refractivity contribution is 6.68. The number of hydrogen-bond acceptors (Lipinski definition) is 2. The van der Waals surface area contributed by atoms with Crippen LogP contribution in [0.5, 0.6) is 0 Å². The first-order chi connectivity index (χ1) is 8.99. The molecule has 0 fully saturated rings. The van der Waals surface area contributed by atoms with Gasteiger partial charge in [0, 0.05) is 16.1 Å². The highest BCUT2D eigenvalue weighted by Gasteiger charge is 2.36. The normalized spacial score (nSPS) is 13.9. The largest absolute Gasteiger partial charge is 0.333 e. The van der Waals surface area contributed by atoms with Crippen molar-refractivity contribution >= 4 is 52.3 Å². The van der Waals surface area contributed by atoms with Gasteiger partial charge in [-0.3, -0.25) is 10.1 Å². The molecular formula is C13H16Cl4N2O. The smallest absolute Gasteiger partial charge is 0.252 e. The number of rotatable bonds is 3. The Morgan fingerprint density at radius 2 is 1.80 bits per heavy atom. The first kappa shape index (κ1) is 17.9. The fourth-order valence-electron chi connectivity index (χ4n) is 1.48. The molecule has 0 saturated heterocycles. The van der Waals surface area contributed by atoms with Crippen molar-refractivity contribution in [2.75, 3.05) is 0 Å². The van der Waals surface area contributed by atoms with Gasteiger partial charge in [-0.2, -0.15) is 0 Å². The average Bonchev–Trinajstić information content (AvgIpc) is 2.25. The first-order valence-electron chi connectivity index (χ1n) is 5.90. The molecule has 0 saturated carbocycles. The Morgan fingerprint density at radius 1 is 1.20 bits per heavy atom. The second-order valence-corrected chi connectivity index (χ2v) is 8.16. The standard InChI is InChI=1S/C13H16Cl4N2O/c1-12(2,3)19-11(13(15,16)17)18-10(20)8-5-4-6-9(14)7-8/h4-7,11,19H,1-3H3,(H,18,20)/t11-/m1/s1. The highest BCUT2D eigenvalue weighted by atomic mass is 35.6. The molecule has 0 aliphatic heterocycles. The maximum Gasteiger partial charge on any atom is 0.252 e. The maximum absolute atomic E-state index is 12.2. The van der Waals surface area contributed by atoms with Gasteiger partial charge in [0.15, 0.2) is 0 Å². The molecule has 1 rings (SSSR count). The summed E-state index contributed by atoms with van der Waals surface area (Å²) in [6.45, 7) is 5.71. The monoisotopic (exact) mass is 356 g/mol. The summed E-state index contributed by atoms with van der Waals surface area (Å²) in [7, 11) is 0. The van der Waals surface area contributed by atoms with Crippen LogP contribution in [0.4, 0.5) is 0 Å². The Hall–Kier alpha value is -0.190. The molecule has 7 heteroatoms. The molecule has 0 aliphatic carbocycles. The van der Waals surface area contributed by atoms with E-state index in [1.807, 2.05) is 20.8 Å². The van der Waals surface area contributed by atoms with Crippen LogP contribution in [0.1, 0.15) is 31.1 Å². The van der Waals surface area contributed by atoms with E-state index in [1.165, 1.54) is 0 Å². The van der Waals surface area contributed by atoms with Crippen molar-refractivity contribution in [2.24, 2.45) is 0 Å². The number of benzene rings is 1. The van der Waals surface area contributed by atoms with Crippen LogP contribution in [0.3, 0.4) is 0 Å². The molecule has 20 heavy (non-hydrogen) atoms. The van der Waals surface area contributed by atoms with E-state index >= 15 is 0 Å². The molecule has 0 heterocycles. The molecule has 1 aromatic rings. The average molecular weight is 358 g/mol. The van der Waals surface area contributed by atoms with E-state index < -0.39 is 9.96 Å². The predicted octanol–water partition coefficient (Wildman–Crippen LogP) is 4.15. The third-order valence-electron chi connectivity index (χ3n) is 2.27. The Balaban J connectivity index is 2.88. The lowest BCUT2D eigenvalue weighted by Crippen LogP contribution is -2.58. The molecule has 2 N–H and O–H groups in total. The zero-order valence-corrected chi connectivity index (χ0v) is 14.3. The molecule has 0 spiro atoms. The number of carbonyl (C=O) groups is 1. The van der Waals surface area contributed by atoms with Gasteiger partial charge in [-0.25, -0.2) is 0 Å². The molecule has 112 valence electrons. The fraction of sp³-hybridized carbons (Fsp3) is 0.462. The van der Waals surface area contributed by atoms with Crippen molar-refractivity contribution in [3.05, 3.63) is 34.9 Å². The molecule has 0 unspecified atom stereocenters. The van der Waals surface area contributed by atoms with E-state index in [4.69, 9.17) is 46.4 Å². The topological polar surface area (TPSA) is 41.1 Å². The number of halogens is 4. The van der Waals surface area contributed by atoms with Gasteiger partial charge in [0.25, 0.3) is 5.91 Å². The van der Waals surface area contributed by atoms with Crippen molar-refractivity contribution in [3.8, 4) is 0 Å². The van der Waals surface area contributed by atoms with Crippen molar-refractivity contribution in [1.82, 2.24) is 10.6 Å². The second kappa shape index (κ2) is 6.71. The Kier molecular flexibility index (Phi) is 6.00. The van der Waals surface area contributed by atoms with Gasteiger partial charge >= 0.3 is 0 Å². The molecule has 1 atom stereocenters. The molecule has 0 radical (unpaired) electrons. The molecule has 1 amide bonds. The molecule has 0 aromatic heterocycles. The van der Waals surface area contributed by atoms with E-state index in [0.717, 1.165) is 0 Å². The lowest BCUT2D eigenvalue weighted by Gasteiger charge is -2.33. The Morgan fingerprint density at radius 3 is 2.25 bits per heavy atom. The van der Waals surface area contributed by atoms with Gasteiger partial charge in [-0.15, -0.1) is 0 Å². The van der Waals surface area contributed by atoms with Gasteiger partial charge in [0.05, 0.1) is 0 Å². The minimum Gasteiger partial charge on any atom is -0.333 e. The van der Waals surface area contributed by atoms with E-state index in [9.17, 15) is 4.79 Å². The van der Waals surface area contributed by atoms with Gasteiger partial charge in [-0.05, 0) is 39.0 Å². The summed E-state index contributed by atoms with van der Waals surface area (Å²) < 4.78 is -1.68. The zero-order chi connectivity index (χ0) is 15.6. The summed E-state index contributed by atoms with van der Waals surface area (Å²) in [5, 5.41) is 6.17. The molecule has 1 aromatic carbocycles. The van der Waals surface area contributed by atoms with Crippen LogP contribution >= 0.6 is 46.4 Å². The lowest BCUT2D eigenvalue weighted by atomic mass is 10.1. The minimum atomic E-state index is -1.68. The van der Waals surface area contributed by atoms with Crippen LogP contribution < -0.4 is 10.6 Å². The highest BCUT2D eigenvalue weighted by Crippen LogP contribution is 2.30. The number of amides is 1. The third kappa shape index (κ3) is 6.06. The first-order valence-corrected chi connectivity index (χ1v) is 7.41. The SMILES string of the molecule is CC(C)(C)N[C@@H](NC(=O)c1cccc(Cl)c1)C(Cl)(Cl)Cl. The summed E-state index contributed by atoms with van der Waals surface area (Å²) >= 11 is 23.5. The van der Waals surface area contributed by atoms with Crippen molar-refractivity contribution < 1.29 is 4.79 Å². The van der Waals surface area contributed by atoms with Gasteiger partial charge in [0.2, 0.25) is 3.79 Å². The van der Waals surface area contributed by atoms with Crippen LogP contribution in [0.2, 0.25) is 5.02 Å². The van der Waals surface area contributed by atoms with Crippen molar-refractivity contribution in [3.63, 3.8) is 0 Å². The fourth-order valence-corrected chi connectivity index (χ4v) is 1.99. The van der Waals surface area contributed by atoms with Crippen molar-refractivity contribution in [2.45, 2.75) is 36.3 Å². The third-order valence-corrected chi connectivity index (χ3v) is 3.16. The van der Waals surface area contributed by atoms with E-state index in [-0.39, 0.29) is 11.4 Å². The number of carbonyl (C=O) groups excluding carboxylic acids is 1.